The lowest BCUT2D eigenvalue weighted by Gasteiger charge is -2.57. The number of nitrogens with zero attached hydrogens (tertiary/aromatic N) is 3. The molecule has 0 saturated heterocycles. The van der Waals surface area contributed by atoms with Gasteiger partial charge in [-0.15, -0.1) is 0 Å². The number of amides is 1. The summed E-state index contributed by atoms with van der Waals surface area (Å²) in [6.45, 7) is 1.00. The number of aromatic nitrogens is 2. The number of hydrogen-bond donors (Lipinski definition) is 2. The lowest BCUT2D eigenvalue weighted by Crippen LogP contribution is -2.50. The molecule has 0 unspecified atom stereocenters. The van der Waals surface area contributed by atoms with Crippen molar-refractivity contribution in [3.05, 3.63) is 18.0 Å². The summed E-state index contributed by atoms with van der Waals surface area (Å²) in [6, 6.07) is 0. The van der Waals surface area contributed by atoms with Gasteiger partial charge < -0.3 is 4.90 Å². The molecule has 4 aliphatic rings. The summed E-state index contributed by atoms with van der Waals surface area (Å²) in [6.07, 6.45) is 11.3. The van der Waals surface area contributed by atoms with Crippen LogP contribution in [0.5, 0.6) is 0 Å². The third kappa shape index (κ3) is 2.69. The van der Waals surface area contributed by atoms with Crippen LogP contribution in [0.25, 0.3) is 0 Å². The molecular formula is C17H24N4O2. The minimum absolute atomic E-state index is 0.263. The summed E-state index contributed by atoms with van der Waals surface area (Å²) in [7, 11) is 2.04. The molecule has 5 rings (SSSR count). The number of anilines is 1. The van der Waals surface area contributed by atoms with Crippen molar-refractivity contribution >= 4 is 11.9 Å². The molecular weight excluding hydrogens is 292 g/mol. The Hall–Kier alpha value is -1.69. The minimum atomic E-state index is -0.583. The number of carbonyl (C=O) groups is 1. The van der Waals surface area contributed by atoms with Gasteiger partial charge in [0.2, 0.25) is 5.95 Å². The number of rotatable bonds is 4. The largest absolute Gasteiger partial charge is 0.343 e. The molecule has 4 aliphatic carbocycles. The zero-order valence-electron chi connectivity index (χ0n) is 13.5. The van der Waals surface area contributed by atoms with Crippen LogP contribution in [0, 0.1) is 23.2 Å². The van der Waals surface area contributed by atoms with Crippen LogP contribution < -0.4 is 10.4 Å². The van der Waals surface area contributed by atoms with E-state index in [0.717, 1.165) is 24.3 Å². The van der Waals surface area contributed by atoms with E-state index in [4.69, 9.17) is 5.21 Å². The highest BCUT2D eigenvalue weighted by molar-refractivity contribution is 5.92. The van der Waals surface area contributed by atoms with Crippen molar-refractivity contribution in [2.45, 2.75) is 38.5 Å². The average molecular weight is 316 g/mol. The maximum atomic E-state index is 11.3. The second kappa shape index (κ2) is 5.44. The van der Waals surface area contributed by atoms with Crippen molar-refractivity contribution in [3.63, 3.8) is 0 Å². The molecule has 0 radical (unpaired) electrons. The SMILES string of the molecule is CN(CC12CC3CC(CC(C3)C1)C2)c1ncc(C(=O)NO)cn1. The van der Waals surface area contributed by atoms with E-state index in [1.807, 2.05) is 7.05 Å². The Bertz CT molecular complexity index is 566. The van der Waals surface area contributed by atoms with E-state index in [2.05, 4.69) is 14.9 Å². The Morgan fingerprint density at radius 3 is 2.22 bits per heavy atom. The Morgan fingerprint density at radius 1 is 1.22 bits per heavy atom. The monoisotopic (exact) mass is 316 g/mol. The van der Waals surface area contributed by atoms with Crippen molar-refractivity contribution < 1.29 is 10.0 Å². The predicted octanol–water partition coefficient (Wildman–Crippen LogP) is 2.25. The summed E-state index contributed by atoms with van der Waals surface area (Å²) in [5.74, 6) is 2.87. The predicted molar refractivity (Wildman–Crippen MR) is 85.2 cm³/mol. The fourth-order valence-electron chi connectivity index (χ4n) is 5.76. The topological polar surface area (TPSA) is 78.4 Å². The maximum absolute atomic E-state index is 11.3. The van der Waals surface area contributed by atoms with E-state index in [-0.39, 0.29) is 5.56 Å². The van der Waals surface area contributed by atoms with E-state index < -0.39 is 5.91 Å². The molecule has 0 aromatic carbocycles. The Balaban J connectivity index is 1.47. The van der Waals surface area contributed by atoms with E-state index in [0.29, 0.717) is 11.4 Å². The highest BCUT2D eigenvalue weighted by Gasteiger charge is 2.51. The van der Waals surface area contributed by atoms with Gasteiger partial charge in [-0.1, -0.05) is 0 Å². The van der Waals surface area contributed by atoms with Crippen LogP contribution in [0.15, 0.2) is 12.4 Å². The zero-order chi connectivity index (χ0) is 16.0. The van der Waals surface area contributed by atoms with Crippen molar-refractivity contribution in [3.8, 4) is 0 Å². The van der Waals surface area contributed by atoms with Gasteiger partial charge in [0.05, 0.1) is 5.56 Å². The molecule has 1 aromatic heterocycles. The van der Waals surface area contributed by atoms with Crippen molar-refractivity contribution in [1.29, 1.82) is 0 Å². The van der Waals surface area contributed by atoms with Gasteiger partial charge in [-0.05, 0) is 61.7 Å². The molecule has 0 atom stereocenters. The molecule has 6 heteroatoms. The summed E-state index contributed by atoms with van der Waals surface area (Å²) in [5.41, 5.74) is 2.30. The zero-order valence-corrected chi connectivity index (χ0v) is 13.5. The Labute approximate surface area is 136 Å². The van der Waals surface area contributed by atoms with Crippen LogP contribution in [0.3, 0.4) is 0 Å². The first-order valence-corrected chi connectivity index (χ1v) is 8.54. The first kappa shape index (κ1) is 14.9. The summed E-state index contributed by atoms with van der Waals surface area (Å²) >= 11 is 0. The molecule has 4 saturated carbocycles. The minimum Gasteiger partial charge on any atom is -0.343 e. The van der Waals surface area contributed by atoms with E-state index in [1.165, 1.54) is 50.9 Å². The van der Waals surface area contributed by atoms with Crippen LogP contribution in [-0.2, 0) is 0 Å². The quantitative estimate of drug-likeness (QED) is 0.658. The standard InChI is InChI=1S/C17H24N4O2/c1-21(16-18-8-14(9-19-16)15(22)20-23)10-17-5-11-2-12(6-17)4-13(3-11)7-17/h8-9,11-13,23H,2-7,10H2,1H3,(H,20,22). The molecule has 1 heterocycles. The number of hydroxylamine groups is 1. The van der Waals surface area contributed by atoms with Gasteiger partial charge in [0.25, 0.3) is 5.91 Å². The maximum Gasteiger partial charge on any atom is 0.277 e. The van der Waals surface area contributed by atoms with E-state index >= 15 is 0 Å². The molecule has 1 aromatic rings. The van der Waals surface area contributed by atoms with Gasteiger partial charge in [-0.2, -0.15) is 0 Å². The molecule has 23 heavy (non-hydrogen) atoms. The van der Waals surface area contributed by atoms with Crippen molar-refractivity contribution in [1.82, 2.24) is 15.4 Å². The molecule has 4 fully saturated rings. The molecule has 2 N–H and O–H groups in total. The molecule has 4 bridgehead atoms. The Kier molecular flexibility index (Phi) is 3.52. The highest BCUT2D eigenvalue weighted by atomic mass is 16.5. The highest BCUT2D eigenvalue weighted by Crippen LogP contribution is 2.60. The van der Waals surface area contributed by atoms with Gasteiger partial charge in [0, 0.05) is 26.0 Å². The normalized spacial score (nSPS) is 34.4. The molecule has 1 amide bonds. The summed E-state index contributed by atoms with van der Waals surface area (Å²) in [5, 5.41) is 8.64. The Morgan fingerprint density at radius 2 is 1.74 bits per heavy atom. The number of carbonyl (C=O) groups excluding carboxylic acids is 1. The van der Waals surface area contributed by atoms with Crippen LogP contribution in [0.4, 0.5) is 5.95 Å². The third-order valence-corrected chi connectivity index (χ3v) is 6.08. The molecule has 0 spiro atoms. The number of nitrogens with one attached hydrogen (secondary N) is 1. The smallest absolute Gasteiger partial charge is 0.277 e. The lowest BCUT2D eigenvalue weighted by molar-refractivity contribution is -0.0473. The first-order chi connectivity index (χ1) is 11.1. The second-order valence-electron chi connectivity index (χ2n) is 7.99. The van der Waals surface area contributed by atoms with Crippen LogP contribution >= 0.6 is 0 Å². The summed E-state index contributed by atoms with van der Waals surface area (Å²) < 4.78 is 0. The van der Waals surface area contributed by atoms with Gasteiger partial charge in [-0.3, -0.25) is 10.0 Å². The van der Waals surface area contributed by atoms with E-state index in [1.54, 1.807) is 5.48 Å². The lowest BCUT2D eigenvalue weighted by atomic mass is 9.49. The van der Waals surface area contributed by atoms with Gasteiger partial charge in [0.1, 0.15) is 0 Å². The third-order valence-electron chi connectivity index (χ3n) is 6.08. The number of hydrogen-bond acceptors (Lipinski definition) is 5. The first-order valence-electron chi connectivity index (χ1n) is 8.54. The van der Waals surface area contributed by atoms with Crippen molar-refractivity contribution in [2.24, 2.45) is 23.2 Å². The van der Waals surface area contributed by atoms with Crippen LogP contribution in [0.2, 0.25) is 0 Å². The fraction of sp³-hybridized carbons (Fsp3) is 0.706. The van der Waals surface area contributed by atoms with Crippen molar-refractivity contribution in [2.75, 3.05) is 18.5 Å². The molecule has 0 aliphatic heterocycles. The van der Waals surface area contributed by atoms with E-state index in [9.17, 15) is 4.79 Å². The molecule has 124 valence electrons. The van der Waals surface area contributed by atoms with Gasteiger partial charge in [-0.25, -0.2) is 15.4 Å². The molecule has 6 nitrogen and oxygen atoms in total. The van der Waals surface area contributed by atoms with Gasteiger partial charge in [0.15, 0.2) is 0 Å². The van der Waals surface area contributed by atoms with Crippen LogP contribution in [-0.4, -0.2) is 34.7 Å². The second-order valence-corrected chi connectivity index (χ2v) is 7.99. The fourth-order valence-corrected chi connectivity index (χ4v) is 5.76. The summed E-state index contributed by atoms with van der Waals surface area (Å²) in [4.78, 5) is 22.0. The average Bonchev–Trinajstić information content (AvgIpc) is 2.52. The van der Waals surface area contributed by atoms with Gasteiger partial charge >= 0.3 is 0 Å². The van der Waals surface area contributed by atoms with Crippen LogP contribution in [0.1, 0.15) is 48.9 Å².